The van der Waals surface area contributed by atoms with Crippen LogP contribution in [0.4, 0.5) is 0 Å². The molecule has 0 saturated heterocycles. The third kappa shape index (κ3) is 1.44. The van der Waals surface area contributed by atoms with Gasteiger partial charge in [-0.05, 0) is 36.5 Å². The standard InChI is InChI=1S/C11H12O2/c12-7-8-4-5-10-9(6-8)2-1-3-11(10)13/h1-3,7-8,13H,4-6H2. The number of aldehydes is 1. The number of rotatable bonds is 1. The summed E-state index contributed by atoms with van der Waals surface area (Å²) in [5.41, 5.74) is 2.16. The van der Waals surface area contributed by atoms with Crippen LogP contribution < -0.4 is 0 Å². The molecule has 1 N–H and O–H groups in total. The van der Waals surface area contributed by atoms with E-state index in [1.165, 1.54) is 0 Å². The smallest absolute Gasteiger partial charge is 0.123 e. The molecule has 1 aliphatic rings. The van der Waals surface area contributed by atoms with Gasteiger partial charge in [0, 0.05) is 5.92 Å². The lowest BCUT2D eigenvalue weighted by Crippen LogP contribution is -2.15. The van der Waals surface area contributed by atoms with Gasteiger partial charge in [0.2, 0.25) is 0 Å². The van der Waals surface area contributed by atoms with E-state index in [2.05, 4.69) is 0 Å². The molecular formula is C11H12O2. The van der Waals surface area contributed by atoms with Crippen LogP contribution in [0, 0.1) is 5.92 Å². The van der Waals surface area contributed by atoms with Crippen LogP contribution in [0.25, 0.3) is 0 Å². The second kappa shape index (κ2) is 3.21. The first kappa shape index (κ1) is 8.30. The maximum absolute atomic E-state index is 10.6. The van der Waals surface area contributed by atoms with Gasteiger partial charge in [0.25, 0.3) is 0 Å². The van der Waals surface area contributed by atoms with E-state index >= 15 is 0 Å². The molecule has 1 atom stereocenters. The molecule has 1 aliphatic carbocycles. The van der Waals surface area contributed by atoms with Crippen LogP contribution in [0.5, 0.6) is 5.75 Å². The van der Waals surface area contributed by atoms with Crippen LogP contribution in [0.2, 0.25) is 0 Å². The average molecular weight is 176 g/mol. The number of phenols is 1. The van der Waals surface area contributed by atoms with E-state index in [4.69, 9.17) is 0 Å². The number of carbonyl (C=O) groups excluding carboxylic acids is 1. The topological polar surface area (TPSA) is 37.3 Å². The summed E-state index contributed by atoms with van der Waals surface area (Å²) in [6.07, 6.45) is 3.50. The van der Waals surface area contributed by atoms with E-state index < -0.39 is 0 Å². The lowest BCUT2D eigenvalue weighted by Gasteiger charge is -2.20. The Morgan fingerprint density at radius 1 is 1.46 bits per heavy atom. The number of benzene rings is 1. The number of hydrogen-bond donors (Lipinski definition) is 1. The molecule has 0 radical (unpaired) electrons. The van der Waals surface area contributed by atoms with Crippen molar-refractivity contribution < 1.29 is 9.90 Å². The predicted molar refractivity (Wildman–Crippen MR) is 49.7 cm³/mol. The van der Waals surface area contributed by atoms with E-state index in [1.807, 2.05) is 12.1 Å². The summed E-state index contributed by atoms with van der Waals surface area (Å²) in [5.74, 6) is 0.524. The number of hydrogen-bond acceptors (Lipinski definition) is 2. The largest absolute Gasteiger partial charge is 0.508 e. The van der Waals surface area contributed by atoms with Crippen molar-refractivity contribution in [2.45, 2.75) is 19.3 Å². The van der Waals surface area contributed by atoms with E-state index in [0.717, 1.165) is 36.7 Å². The molecule has 0 aliphatic heterocycles. The molecule has 1 aromatic rings. The van der Waals surface area contributed by atoms with Crippen molar-refractivity contribution in [3.05, 3.63) is 29.3 Å². The molecule has 1 aromatic carbocycles. The molecular weight excluding hydrogens is 164 g/mol. The van der Waals surface area contributed by atoms with Gasteiger partial charge in [-0.15, -0.1) is 0 Å². The van der Waals surface area contributed by atoms with Crippen molar-refractivity contribution >= 4 is 6.29 Å². The zero-order chi connectivity index (χ0) is 9.26. The van der Waals surface area contributed by atoms with Crippen molar-refractivity contribution in [1.82, 2.24) is 0 Å². The van der Waals surface area contributed by atoms with E-state index in [1.54, 1.807) is 6.07 Å². The van der Waals surface area contributed by atoms with Gasteiger partial charge in [-0.2, -0.15) is 0 Å². The molecule has 0 heterocycles. The molecule has 0 saturated carbocycles. The van der Waals surface area contributed by atoms with Gasteiger partial charge in [0.05, 0.1) is 0 Å². The minimum atomic E-state index is 0.147. The zero-order valence-electron chi connectivity index (χ0n) is 7.36. The van der Waals surface area contributed by atoms with E-state index in [-0.39, 0.29) is 5.92 Å². The molecule has 0 spiro atoms. The van der Waals surface area contributed by atoms with E-state index in [9.17, 15) is 9.90 Å². The fraction of sp³-hybridized carbons (Fsp3) is 0.364. The van der Waals surface area contributed by atoms with Crippen molar-refractivity contribution in [2.75, 3.05) is 0 Å². The minimum absolute atomic E-state index is 0.147. The number of phenolic OH excluding ortho intramolecular Hbond substituents is 1. The van der Waals surface area contributed by atoms with Crippen LogP contribution in [0.15, 0.2) is 18.2 Å². The molecule has 0 amide bonds. The summed E-state index contributed by atoms with van der Waals surface area (Å²) in [7, 11) is 0. The maximum Gasteiger partial charge on any atom is 0.123 e. The molecule has 1 unspecified atom stereocenters. The van der Waals surface area contributed by atoms with Crippen LogP contribution >= 0.6 is 0 Å². The Hall–Kier alpha value is -1.31. The van der Waals surface area contributed by atoms with E-state index in [0.29, 0.717) is 5.75 Å². The van der Waals surface area contributed by atoms with Crippen LogP contribution in [-0.2, 0) is 17.6 Å². The predicted octanol–water partition coefficient (Wildman–Crippen LogP) is 1.70. The molecule has 68 valence electrons. The molecule has 0 aromatic heterocycles. The van der Waals surface area contributed by atoms with Crippen LogP contribution in [0.3, 0.4) is 0 Å². The molecule has 13 heavy (non-hydrogen) atoms. The summed E-state index contributed by atoms with van der Waals surface area (Å²) >= 11 is 0. The van der Waals surface area contributed by atoms with Gasteiger partial charge in [-0.25, -0.2) is 0 Å². The Bertz CT molecular complexity index is 331. The van der Waals surface area contributed by atoms with Gasteiger partial charge in [-0.1, -0.05) is 12.1 Å². The molecule has 2 nitrogen and oxygen atoms in total. The molecule has 0 fully saturated rings. The summed E-state index contributed by atoms with van der Waals surface area (Å²) in [4.78, 5) is 10.6. The zero-order valence-corrected chi connectivity index (χ0v) is 7.36. The summed E-state index contributed by atoms with van der Waals surface area (Å²) in [6.45, 7) is 0. The Balaban J connectivity index is 2.36. The first-order valence-corrected chi connectivity index (χ1v) is 4.56. The second-order valence-electron chi connectivity index (χ2n) is 3.55. The molecule has 2 heteroatoms. The Morgan fingerprint density at radius 3 is 3.08 bits per heavy atom. The molecule has 2 rings (SSSR count). The number of fused-ring (bicyclic) bond motifs is 1. The SMILES string of the molecule is O=CC1CCc2c(O)cccc2C1. The van der Waals surface area contributed by atoms with Crippen molar-refractivity contribution in [3.8, 4) is 5.75 Å². The Labute approximate surface area is 77.2 Å². The summed E-state index contributed by atoms with van der Waals surface area (Å²) in [6, 6.07) is 5.53. The van der Waals surface area contributed by atoms with Gasteiger partial charge < -0.3 is 9.90 Å². The van der Waals surface area contributed by atoms with Gasteiger partial charge in [-0.3, -0.25) is 0 Å². The lowest BCUT2D eigenvalue weighted by atomic mass is 9.84. The third-order valence-corrected chi connectivity index (χ3v) is 2.69. The fourth-order valence-electron chi connectivity index (χ4n) is 1.93. The van der Waals surface area contributed by atoms with Gasteiger partial charge in [0.1, 0.15) is 12.0 Å². The van der Waals surface area contributed by atoms with Crippen molar-refractivity contribution in [1.29, 1.82) is 0 Å². The summed E-state index contributed by atoms with van der Waals surface area (Å²) in [5, 5.41) is 9.53. The maximum atomic E-state index is 10.6. The first-order chi connectivity index (χ1) is 6.31. The Morgan fingerprint density at radius 2 is 2.31 bits per heavy atom. The third-order valence-electron chi connectivity index (χ3n) is 2.69. The highest BCUT2D eigenvalue weighted by Crippen LogP contribution is 2.30. The number of carbonyl (C=O) groups is 1. The highest BCUT2D eigenvalue weighted by molar-refractivity contribution is 5.56. The van der Waals surface area contributed by atoms with Crippen molar-refractivity contribution in [3.63, 3.8) is 0 Å². The Kier molecular flexibility index (Phi) is 2.05. The van der Waals surface area contributed by atoms with Crippen LogP contribution in [-0.4, -0.2) is 11.4 Å². The quantitative estimate of drug-likeness (QED) is 0.661. The lowest BCUT2D eigenvalue weighted by molar-refractivity contribution is -0.111. The number of aromatic hydroxyl groups is 1. The fourth-order valence-corrected chi connectivity index (χ4v) is 1.93. The van der Waals surface area contributed by atoms with Crippen molar-refractivity contribution in [2.24, 2.45) is 5.92 Å². The average Bonchev–Trinajstić information content (AvgIpc) is 2.18. The normalized spacial score (nSPS) is 20.8. The van der Waals surface area contributed by atoms with Crippen LogP contribution in [0.1, 0.15) is 17.5 Å². The minimum Gasteiger partial charge on any atom is -0.508 e. The van der Waals surface area contributed by atoms with Gasteiger partial charge in [0.15, 0.2) is 0 Å². The highest BCUT2D eigenvalue weighted by Gasteiger charge is 2.19. The van der Waals surface area contributed by atoms with Gasteiger partial charge >= 0.3 is 0 Å². The first-order valence-electron chi connectivity index (χ1n) is 4.56. The monoisotopic (exact) mass is 176 g/mol. The molecule has 0 bridgehead atoms. The summed E-state index contributed by atoms with van der Waals surface area (Å²) < 4.78 is 0. The highest BCUT2D eigenvalue weighted by atomic mass is 16.3. The second-order valence-corrected chi connectivity index (χ2v) is 3.55.